The van der Waals surface area contributed by atoms with Crippen LogP contribution in [0.15, 0.2) is 22.9 Å². The van der Waals surface area contributed by atoms with Gasteiger partial charge >= 0.3 is 0 Å². The summed E-state index contributed by atoms with van der Waals surface area (Å²) in [5.41, 5.74) is 0.760. The van der Waals surface area contributed by atoms with E-state index in [9.17, 15) is 5.11 Å². The summed E-state index contributed by atoms with van der Waals surface area (Å²) in [6.07, 6.45) is 3.54. The lowest BCUT2D eigenvalue weighted by Gasteiger charge is -2.20. The highest BCUT2D eigenvalue weighted by Gasteiger charge is 2.13. The Morgan fingerprint density at radius 3 is 2.94 bits per heavy atom. The van der Waals surface area contributed by atoms with Crippen molar-refractivity contribution in [1.29, 1.82) is 0 Å². The smallest absolute Gasteiger partial charge is 0.171 e. The molecule has 0 amide bonds. The first kappa shape index (κ1) is 12.3. The minimum Gasteiger partial charge on any atom is -0.394 e. The molecule has 2 rings (SSSR count). The molecule has 17 heavy (non-hydrogen) atoms. The quantitative estimate of drug-likeness (QED) is 0.905. The van der Waals surface area contributed by atoms with Crippen molar-refractivity contribution in [3.8, 4) is 0 Å². The van der Waals surface area contributed by atoms with E-state index in [4.69, 9.17) is 0 Å². The van der Waals surface area contributed by atoms with Gasteiger partial charge in [-0.15, -0.1) is 0 Å². The monoisotopic (exact) mass is 298 g/mol. The summed E-state index contributed by atoms with van der Waals surface area (Å²) in [6.45, 7) is 4.20. The summed E-state index contributed by atoms with van der Waals surface area (Å²) in [5.74, 6) is 1.08. The lowest BCUT2D eigenvalue weighted by atomic mass is 10.1. The second-order valence-corrected chi connectivity index (χ2v) is 5.11. The topological polar surface area (TPSA) is 62.5 Å². The first-order valence-electron chi connectivity index (χ1n) is 5.49. The Hall–Kier alpha value is -1.14. The van der Waals surface area contributed by atoms with Gasteiger partial charge in [-0.25, -0.2) is 9.50 Å². The number of halogens is 1. The van der Waals surface area contributed by atoms with Crippen LogP contribution in [0.4, 0.5) is 5.82 Å². The number of nitrogens with one attached hydrogen (secondary N) is 1. The normalized spacial score (nSPS) is 13.2. The first-order chi connectivity index (χ1) is 8.11. The van der Waals surface area contributed by atoms with Gasteiger partial charge in [0.2, 0.25) is 0 Å². The van der Waals surface area contributed by atoms with E-state index in [1.54, 1.807) is 10.7 Å². The van der Waals surface area contributed by atoms with Crippen molar-refractivity contribution in [3.63, 3.8) is 0 Å². The number of aliphatic hydroxyl groups is 1. The van der Waals surface area contributed by atoms with Crippen LogP contribution in [0.5, 0.6) is 0 Å². The molecule has 1 unspecified atom stereocenters. The van der Waals surface area contributed by atoms with Gasteiger partial charge in [0.15, 0.2) is 5.65 Å². The van der Waals surface area contributed by atoms with Gasteiger partial charge in [-0.3, -0.25) is 0 Å². The number of nitrogens with zero attached hydrogens (tertiary/aromatic N) is 3. The lowest BCUT2D eigenvalue weighted by molar-refractivity contribution is 0.249. The highest BCUT2D eigenvalue weighted by atomic mass is 79.9. The SMILES string of the molecule is CC(C)C(CO)Nc1ccn2ncc(Br)c2n1. The van der Waals surface area contributed by atoms with Crippen LogP contribution in [0.3, 0.4) is 0 Å². The molecule has 2 N–H and O–H groups in total. The van der Waals surface area contributed by atoms with Crippen LogP contribution in [-0.2, 0) is 0 Å². The lowest BCUT2D eigenvalue weighted by Crippen LogP contribution is -2.29. The molecule has 0 saturated heterocycles. The number of hydrogen-bond donors (Lipinski definition) is 2. The zero-order valence-corrected chi connectivity index (χ0v) is 11.3. The molecule has 0 aliphatic rings. The maximum Gasteiger partial charge on any atom is 0.171 e. The number of anilines is 1. The standard InChI is InChI=1S/C11H15BrN4O/c1-7(2)9(6-17)14-10-3-4-16-11(15-10)8(12)5-13-16/h3-5,7,9,17H,6H2,1-2H3,(H,14,15). The number of rotatable bonds is 4. The maximum atomic E-state index is 9.27. The second kappa shape index (κ2) is 5.01. The fourth-order valence-electron chi connectivity index (χ4n) is 1.53. The molecule has 0 aliphatic carbocycles. The molecular weight excluding hydrogens is 284 g/mol. The highest BCUT2D eigenvalue weighted by molar-refractivity contribution is 9.10. The molecule has 5 nitrogen and oxygen atoms in total. The third kappa shape index (κ3) is 2.58. The molecule has 0 spiro atoms. The minimum absolute atomic E-state index is 0.00615. The molecule has 0 fully saturated rings. The van der Waals surface area contributed by atoms with Crippen molar-refractivity contribution in [1.82, 2.24) is 14.6 Å². The van der Waals surface area contributed by atoms with Crippen molar-refractivity contribution in [2.75, 3.05) is 11.9 Å². The van der Waals surface area contributed by atoms with E-state index in [0.29, 0.717) is 5.92 Å². The highest BCUT2D eigenvalue weighted by Crippen LogP contribution is 2.18. The third-order valence-corrected chi connectivity index (χ3v) is 3.22. The van der Waals surface area contributed by atoms with Gasteiger partial charge in [-0.2, -0.15) is 5.10 Å². The molecular formula is C11H15BrN4O. The van der Waals surface area contributed by atoms with Crippen LogP contribution >= 0.6 is 15.9 Å². The average Bonchev–Trinajstić information content (AvgIpc) is 2.67. The zero-order valence-electron chi connectivity index (χ0n) is 9.76. The van der Waals surface area contributed by atoms with E-state index in [0.717, 1.165) is 15.9 Å². The Kier molecular flexibility index (Phi) is 3.63. The summed E-state index contributed by atoms with van der Waals surface area (Å²) in [5, 5.41) is 16.6. The van der Waals surface area contributed by atoms with Crippen molar-refractivity contribution < 1.29 is 5.11 Å². The van der Waals surface area contributed by atoms with Crippen LogP contribution < -0.4 is 5.32 Å². The molecule has 6 heteroatoms. The van der Waals surface area contributed by atoms with Gasteiger partial charge in [-0.05, 0) is 27.9 Å². The Bertz CT molecular complexity index is 511. The van der Waals surface area contributed by atoms with Crippen molar-refractivity contribution in [2.24, 2.45) is 5.92 Å². The molecule has 92 valence electrons. The van der Waals surface area contributed by atoms with Gasteiger partial charge < -0.3 is 10.4 Å². The third-order valence-electron chi connectivity index (χ3n) is 2.66. The molecule has 2 aromatic heterocycles. The predicted octanol–water partition coefficient (Wildman–Crippen LogP) is 1.92. The molecule has 0 aromatic carbocycles. The fourth-order valence-corrected chi connectivity index (χ4v) is 1.90. The van der Waals surface area contributed by atoms with Crippen LogP contribution in [0.25, 0.3) is 5.65 Å². The second-order valence-electron chi connectivity index (χ2n) is 4.25. The molecule has 2 heterocycles. The van der Waals surface area contributed by atoms with Crippen LogP contribution in [-0.4, -0.2) is 32.4 Å². The Balaban J connectivity index is 2.26. The number of hydrogen-bond acceptors (Lipinski definition) is 4. The van der Waals surface area contributed by atoms with Gasteiger partial charge in [0.1, 0.15) is 5.82 Å². The van der Waals surface area contributed by atoms with E-state index in [1.807, 2.05) is 12.3 Å². The molecule has 1 atom stereocenters. The van der Waals surface area contributed by atoms with Crippen molar-refractivity contribution >= 4 is 27.4 Å². The Morgan fingerprint density at radius 1 is 1.53 bits per heavy atom. The van der Waals surface area contributed by atoms with Crippen molar-refractivity contribution in [2.45, 2.75) is 19.9 Å². The van der Waals surface area contributed by atoms with E-state index in [1.165, 1.54) is 0 Å². The first-order valence-corrected chi connectivity index (χ1v) is 6.28. The number of aromatic nitrogens is 3. The number of fused-ring (bicyclic) bond motifs is 1. The van der Waals surface area contributed by atoms with E-state index < -0.39 is 0 Å². The van der Waals surface area contributed by atoms with Gasteiger partial charge in [-0.1, -0.05) is 13.8 Å². The molecule has 0 aliphatic heterocycles. The summed E-state index contributed by atoms with van der Waals surface area (Å²) in [4.78, 5) is 4.44. The van der Waals surface area contributed by atoms with Gasteiger partial charge in [0, 0.05) is 6.20 Å². The molecule has 0 bridgehead atoms. The zero-order chi connectivity index (χ0) is 12.4. The fraction of sp³-hybridized carbons (Fsp3) is 0.455. The van der Waals surface area contributed by atoms with Crippen LogP contribution in [0.2, 0.25) is 0 Å². The summed E-state index contributed by atoms with van der Waals surface area (Å²) < 4.78 is 2.55. The van der Waals surface area contributed by atoms with Crippen molar-refractivity contribution in [3.05, 3.63) is 22.9 Å². The van der Waals surface area contributed by atoms with Crippen LogP contribution in [0, 0.1) is 5.92 Å². The van der Waals surface area contributed by atoms with Crippen LogP contribution in [0.1, 0.15) is 13.8 Å². The molecule has 0 radical (unpaired) electrons. The minimum atomic E-state index is 0.00615. The summed E-state index contributed by atoms with van der Waals surface area (Å²) in [6, 6.07) is 1.85. The largest absolute Gasteiger partial charge is 0.394 e. The Labute approximate surface area is 108 Å². The summed E-state index contributed by atoms with van der Waals surface area (Å²) in [7, 11) is 0. The van der Waals surface area contributed by atoms with E-state index in [-0.39, 0.29) is 12.6 Å². The van der Waals surface area contributed by atoms with E-state index >= 15 is 0 Å². The molecule has 0 saturated carbocycles. The van der Waals surface area contributed by atoms with Gasteiger partial charge in [0.25, 0.3) is 0 Å². The Morgan fingerprint density at radius 2 is 2.29 bits per heavy atom. The van der Waals surface area contributed by atoms with Gasteiger partial charge in [0.05, 0.1) is 23.3 Å². The number of aliphatic hydroxyl groups excluding tert-OH is 1. The predicted molar refractivity (Wildman–Crippen MR) is 70.0 cm³/mol. The van der Waals surface area contributed by atoms with E-state index in [2.05, 4.69) is 45.2 Å². The average molecular weight is 299 g/mol. The molecule has 2 aromatic rings. The maximum absolute atomic E-state index is 9.27. The summed E-state index contributed by atoms with van der Waals surface area (Å²) >= 11 is 3.39.